The van der Waals surface area contributed by atoms with Crippen molar-refractivity contribution >= 4 is 32.6 Å². The summed E-state index contributed by atoms with van der Waals surface area (Å²) in [7, 11) is 3.21. The van der Waals surface area contributed by atoms with Crippen molar-refractivity contribution in [1.29, 1.82) is 0 Å². The molecule has 2 aromatic heterocycles. The monoisotopic (exact) mass is 432 g/mol. The Hall–Kier alpha value is -2.69. The van der Waals surface area contributed by atoms with Gasteiger partial charge in [0.25, 0.3) is 5.91 Å². The number of carbonyl (C=O) groups excluding carboxylic acids is 1. The van der Waals surface area contributed by atoms with E-state index in [4.69, 9.17) is 23.7 Å². The third-order valence-electron chi connectivity index (χ3n) is 4.98. The third kappa shape index (κ3) is 4.25. The highest BCUT2D eigenvalue weighted by atomic mass is 32.1. The standard InChI is InChI=1S/C20H24N4O5S/c1-26-14-4-5-15(27-2)18-17(14)22-20(30-18)24(19(25)16-6-7-21-29-16)9-3-8-23-10-12-28-13-11-23/h4-7H,3,8-13H2,1-2H3. The average Bonchev–Trinajstić information content (AvgIpc) is 3.47. The predicted molar refractivity (Wildman–Crippen MR) is 113 cm³/mol. The first-order chi connectivity index (χ1) is 14.7. The van der Waals surface area contributed by atoms with E-state index in [0.29, 0.717) is 28.7 Å². The number of thiazole rings is 1. The van der Waals surface area contributed by atoms with E-state index >= 15 is 0 Å². The maximum absolute atomic E-state index is 13.1. The van der Waals surface area contributed by atoms with Crippen LogP contribution < -0.4 is 14.4 Å². The van der Waals surface area contributed by atoms with E-state index in [1.165, 1.54) is 17.5 Å². The Bertz CT molecular complexity index is 944. The number of morpholine rings is 1. The van der Waals surface area contributed by atoms with Gasteiger partial charge >= 0.3 is 0 Å². The van der Waals surface area contributed by atoms with Crippen LogP contribution in [0.4, 0.5) is 5.13 Å². The lowest BCUT2D eigenvalue weighted by Gasteiger charge is -2.27. The minimum Gasteiger partial charge on any atom is -0.495 e. The van der Waals surface area contributed by atoms with Gasteiger partial charge in [0, 0.05) is 32.2 Å². The number of hydrogen-bond acceptors (Lipinski definition) is 9. The van der Waals surface area contributed by atoms with Crippen molar-refractivity contribution < 1.29 is 23.5 Å². The van der Waals surface area contributed by atoms with Crippen LogP contribution in [-0.4, -0.2) is 74.6 Å². The molecule has 1 aromatic carbocycles. The second-order valence-corrected chi connectivity index (χ2v) is 7.76. The Morgan fingerprint density at radius 3 is 2.67 bits per heavy atom. The molecule has 1 fully saturated rings. The highest BCUT2D eigenvalue weighted by Gasteiger charge is 2.26. The van der Waals surface area contributed by atoms with Crippen LogP contribution in [0, 0.1) is 0 Å². The van der Waals surface area contributed by atoms with E-state index in [2.05, 4.69) is 10.1 Å². The Balaban J connectivity index is 1.62. The SMILES string of the molecule is COc1ccc(OC)c2sc(N(CCCN3CCOCC3)C(=O)c3ccno3)nc12. The smallest absolute Gasteiger partial charge is 0.298 e. The van der Waals surface area contributed by atoms with Gasteiger partial charge in [-0.1, -0.05) is 16.5 Å². The van der Waals surface area contributed by atoms with Gasteiger partial charge in [0.1, 0.15) is 21.7 Å². The molecule has 1 aliphatic heterocycles. The van der Waals surface area contributed by atoms with Gasteiger partial charge in [0.2, 0.25) is 5.76 Å². The maximum Gasteiger partial charge on any atom is 0.298 e. The van der Waals surface area contributed by atoms with Crippen molar-refractivity contribution in [2.24, 2.45) is 0 Å². The van der Waals surface area contributed by atoms with Gasteiger partial charge in [-0.25, -0.2) is 4.98 Å². The molecule has 10 heteroatoms. The summed E-state index contributed by atoms with van der Waals surface area (Å²) in [4.78, 5) is 21.8. The largest absolute Gasteiger partial charge is 0.495 e. The van der Waals surface area contributed by atoms with Crippen molar-refractivity contribution in [2.45, 2.75) is 6.42 Å². The molecule has 0 spiro atoms. The van der Waals surface area contributed by atoms with Gasteiger partial charge < -0.3 is 18.7 Å². The maximum atomic E-state index is 13.1. The molecular weight excluding hydrogens is 408 g/mol. The van der Waals surface area contributed by atoms with Crippen LogP contribution in [0.1, 0.15) is 17.0 Å². The van der Waals surface area contributed by atoms with Gasteiger partial charge in [-0.3, -0.25) is 14.6 Å². The number of carbonyl (C=O) groups is 1. The van der Waals surface area contributed by atoms with E-state index in [9.17, 15) is 4.79 Å². The number of methoxy groups -OCH3 is 2. The number of fused-ring (bicyclic) bond motifs is 1. The number of ether oxygens (including phenoxy) is 3. The molecule has 0 N–H and O–H groups in total. The van der Waals surface area contributed by atoms with Crippen LogP contribution >= 0.6 is 11.3 Å². The van der Waals surface area contributed by atoms with Crippen LogP contribution in [0.2, 0.25) is 0 Å². The summed E-state index contributed by atoms with van der Waals surface area (Å²) in [6.45, 7) is 4.69. The van der Waals surface area contributed by atoms with Gasteiger partial charge in [-0.2, -0.15) is 0 Å². The minimum absolute atomic E-state index is 0.180. The van der Waals surface area contributed by atoms with Crippen LogP contribution in [0.15, 0.2) is 28.9 Å². The highest BCUT2D eigenvalue weighted by molar-refractivity contribution is 7.22. The first kappa shape index (κ1) is 20.6. The molecule has 3 heterocycles. The van der Waals surface area contributed by atoms with Crippen molar-refractivity contribution in [3.05, 3.63) is 30.2 Å². The van der Waals surface area contributed by atoms with Crippen molar-refractivity contribution in [3.63, 3.8) is 0 Å². The van der Waals surface area contributed by atoms with Gasteiger partial charge in [-0.15, -0.1) is 0 Å². The summed E-state index contributed by atoms with van der Waals surface area (Å²) in [6.07, 6.45) is 2.26. The topological polar surface area (TPSA) is 90.2 Å². The quantitative estimate of drug-likeness (QED) is 0.537. The van der Waals surface area contributed by atoms with Crippen LogP contribution in [-0.2, 0) is 4.74 Å². The third-order valence-corrected chi connectivity index (χ3v) is 6.08. The molecule has 30 heavy (non-hydrogen) atoms. The van der Waals surface area contributed by atoms with Gasteiger partial charge in [0.15, 0.2) is 5.13 Å². The Morgan fingerprint density at radius 1 is 1.20 bits per heavy atom. The first-order valence-corrected chi connectivity index (χ1v) is 10.6. The molecule has 160 valence electrons. The Labute approximate surface area is 178 Å². The molecule has 3 aromatic rings. The molecule has 0 saturated carbocycles. The molecule has 0 radical (unpaired) electrons. The number of hydrogen-bond donors (Lipinski definition) is 0. The second-order valence-electron chi connectivity index (χ2n) is 6.79. The summed E-state index contributed by atoms with van der Waals surface area (Å²) in [5.41, 5.74) is 0.667. The summed E-state index contributed by atoms with van der Waals surface area (Å²) in [5.74, 6) is 1.23. The summed E-state index contributed by atoms with van der Waals surface area (Å²) < 4.78 is 22.3. The lowest BCUT2D eigenvalue weighted by molar-refractivity contribution is 0.0376. The molecule has 1 amide bonds. The van der Waals surface area contributed by atoms with E-state index in [-0.39, 0.29) is 11.7 Å². The van der Waals surface area contributed by atoms with Crippen molar-refractivity contribution in [1.82, 2.24) is 15.0 Å². The number of benzene rings is 1. The molecule has 1 aliphatic rings. The highest BCUT2D eigenvalue weighted by Crippen LogP contribution is 2.40. The van der Waals surface area contributed by atoms with E-state index < -0.39 is 0 Å². The molecule has 9 nitrogen and oxygen atoms in total. The first-order valence-electron chi connectivity index (χ1n) is 9.75. The lowest BCUT2D eigenvalue weighted by Crippen LogP contribution is -2.39. The molecule has 0 atom stereocenters. The Morgan fingerprint density at radius 2 is 1.97 bits per heavy atom. The Kier molecular flexibility index (Phi) is 6.46. The zero-order chi connectivity index (χ0) is 20.9. The number of amides is 1. The fourth-order valence-electron chi connectivity index (χ4n) is 3.41. The predicted octanol–water partition coefficient (Wildman–Crippen LogP) is 2.67. The van der Waals surface area contributed by atoms with Crippen LogP contribution in [0.5, 0.6) is 11.5 Å². The lowest BCUT2D eigenvalue weighted by atomic mass is 10.3. The number of aromatic nitrogens is 2. The zero-order valence-corrected chi connectivity index (χ0v) is 17.8. The summed E-state index contributed by atoms with van der Waals surface area (Å²) in [6, 6.07) is 5.21. The second kappa shape index (κ2) is 9.41. The van der Waals surface area contributed by atoms with Gasteiger partial charge in [-0.05, 0) is 18.6 Å². The van der Waals surface area contributed by atoms with Gasteiger partial charge in [0.05, 0.1) is 33.6 Å². The normalized spacial score (nSPS) is 14.7. The summed E-state index contributed by atoms with van der Waals surface area (Å²) in [5, 5.41) is 4.23. The van der Waals surface area contributed by atoms with E-state index in [1.807, 2.05) is 12.1 Å². The molecule has 4 rings (SSSR count). The summed E-state index contributed by atoms with van der Waals surface area (Å²) >= 11 is 1.39. The number of rotatable bonds is 8. The average molecular weight is 433 g/mol. The molecule has 0 unspecified atom stereocenters. The number of anilines is 1. The van der Waals surface area contributed by atoms with Crippen molar-refractivity contribution in [2.75, 3.05) is 58.5 Å². The molecule has 1 saturated heterocycles. The zero-order valence-electron chi connectivity index (χ0n) is 17.0. The fourth-order valence-corrected chi connectivity index (χ4v) is 4.51. The van der Waals surface area contributed by atoms with Crippen LogP contribution in [0.25, 0.3) is 10.2 Å². The van der Waals surface area contributed by atoms with E-state index in [0.717, 1.165) is 44.0 Å². The molecular formula is C20H24N4O5S. The van der Waals surface area contributed by atoms with Crippen LogP contribution in [0.3, 0.4) is 0 Å². The fraction of sp³-hybridized carbons (Fsp3) is 0.450. The minimum atomic E-state index is -0.272. The number of nitrogens with zero attached hydrogens (tertiary/aromatic N) is 4. The molecule has 0 aliphatic carbocycles. The van der Waals surface area contributed by atoms with Crippen molar-refractivity contribution in [3.8, 4) is 11.5 Å². The van der Waals surface area contributed by atoms with E-state index in [1.54, 1.807) is 25.2 Å². The molecule has 0 bridgehead atoms.